The number of amides is 5. The Balaban J connectivity index is 0.000000215. The highest BCUT2D eigenvalue weighted by molar-refractivity contribution is 7.88. The van der Waals surface area contributed by atoms with Crippen LogP contribution in [-0.2, 0) is 53.9 Å². The number of ether oxygens (including phenoxy) is 2. The van der Waals surface area contributed by atoms with Crippen molar-refractivity contribution in [3.63, 3.8) is 0 Å². The third-order valence-electron chi connectivity index (χ3n) is 20.4. The van der Waals surface area contributed by atoms with Crippen molar-refractivity contribution >= 4 is 95.4 Å². The number of hydrogen-bond donors (Lipinski definition) is 4. The highest BCUT2D eigenvalue weighted by Crippen LogP contribution is 2.58. The van der Waals surface area contributed by atoms with Gasteiger partial charge in [-0.3, -0.25) is 33.3 Å². The van der Waals surface area contributed by atoms with Gasteiger partial charge < -0.3 is 34.3 Å². The standard InChI is InChI=1S/C35H51N5O6S.C26H42N4O8S.C13H17ClN2/c1-22(2)25-15-16-29-28(17-25)36-34(40(29)23(3)4)46-27-18-30-31(41)20-35(33(43)37-47(44,45)38(6)7)19-26(35)14-12-10-8-9-11-13-24(5)32(42)39(30)21-27;1-25(2,3)38-24(35)27-19-12-10-8-6-7-9-11-17-14-26(17,23(34)28-39(36,37)29(4)5)15-21(32)20-13-18(31)16-30(20)22(19)33;1-8(2)10-5-6-12-11(7-10)15-13(14)16(12)9(3)4/h12,14-17,22-24,26-27,30H,8-11,13,18-21H2,1-7H3,(H,37,43);9,11,17-20,31H,6-8,10,12-16H2,1-5H3,(H,27,35)(H,28,34);5-9H,1-4H3/b14-12-;11-9-;/t24-,26+,27+,30-,35+;17-,18-,19+,20+,26-;/m01./s1. The Morgan fingerprint density at radius 3 is 1.60 bits per heavy atom. The summed E-state index contributed by atoms with van der Waals surface area (Å²) in [6.45, 7) is 24.2. The van der Waals surface area contributed by atoms with Crippen LogP contribution in [0.4, 0.5) is 4.79 Å². The Kier molecular flexibility index (Phi) is 26.3. The molecule has 2 aromatic carbocycles. The number of fused-ring (bicyclic) bond motifs is 6. The second kappa shape index (κ2) is 33.1. The minimum Gasteiger partial charge on any atom is -0.459 e. The number of carbonyl (C=O) groups is 7. The quantitative estimate of drug-likeness (QED) is 0.0904. The predicted octanol–water partition coefficient (Wildman–Crippen LogP) is 10.8. The van der Waals surface area contributed by atoms with Gasteiger partial charge in [0.1, 0.15) is 17.7 Å². The van der Waals surface area contributed by atoms with Crippen molar-refractivity contribution in [1.29, 1.82) is 0 Å². The van der Waals surface area contributed by atoms with E-state index >= 15 is 0 Å². The maximum atomic E-state index is 14.2. The normalized spacial score (nSPS) is 26.9. The molecule has 4 aromatic rings. The molecule has 2 aliphatic carbocycles. The Morgan fingerprint density at radius 2 is 1.12 bits per heavy atom. The van der Waals surface area contributed by atoms with Gasteiger partial charge in [-0.25, -0.2) is 19.2 Å². The largest absolute Gasteiger partial charge is 0.459 e. The SMILES string of the molecule is CC(C)c1ccc2c(c1)nc(Cl)n2C(C)C.CC(C)c1ccc2c(c1)nc(O[C@@H]1C[C@H]3C(=O)C[C@]4(C(=O)NS(=O)(=O)N(C)C)C[C@H]4/C=C\CCCCC[C@H](C)C(=O)N3C1)n2C(C)C.CN(C)S(=O)(=O)NC(=O)[C@]12CC(=O)[C@@H]3C[C@@H](O)CN3C(=O)[C@@H](NC(=O)OC(C)(C)C)CCCCC/C=C\[C@@H]1C2. The van der Waals surface area contributed by atoms with E-state index in [2.05, 4.69) is 116 Å². The van der Waals surface area contributed by atoms with Gasteiger partial charge in [-0.15, -0.1) is 0 Å². The summed E-state index contributed by atoms with van der Waals surface area (Å²) in [7, 11) is -2.83. The van der Waals surface area contributed by atoms with Gasteiger partial charge in [0.2, 0.25) is 28.9 Å². The zero-order chi connectivity index (χ0) is 75.3. The minimum atomic E-state index is -4.07. The van der Waals surface area contributed by atoms with E-state index in [0.29, 0.717) is 54.9 Å². The van der Waals surface area contributed by atoms with Crippen molar-refractivity contribution in [2.75, 3.05) is 41.3 Å². The average molecular weight is 1480 g/mol. The summed E-state index contributed by atoms with van der Waals surface area (Å²) >= 11 is 6.15. The summed E-state index contributed by atoms with van der Waals surface area (Å²) < 4.78 is 72.0. The molecule has 0 spiro atoms. The second-order valence-electron chi connectivity index (χ2n) is 31.3. The fourth-order valence-corrected chi connectivity index (χ4v) is 15.8. The molecule has 6 aliphatic rings. The molecule has 2 saturated heterocycles. The summed E-state index contributed by atoms with van der Waals surface area (Å²) in [6.07, 6.45) is 13.8. The summed E-state index contributed by atoms with van der Waals surface area (Å²) in [4.78, 5) is 107. The summed E-state index contributed by atoms with van der Waals surface area (Å²) in [5.74, 6) is -2.69. The first-order valence-electron chi connectivity index (χ1n) is 36.2. The van der Waals surface area contributed by atoms with Crippen molar-refractivity contribution < 1.29 is 65.0 Å². The summed E-state index contributed by atoms with van der Waals surface area (Å²) in [5, 5.41) is 13.6. The highest BCUT2D eigenvalue weighted by Gasteiger charge is 2.63. The van der Waals surface area contributed by atoms with Gasteiger partial charge in [0.25, 0.3) is 6.01 Å². The van der Waals surface area contributed by atoms with Crippen LogP contribution in [0.15, 0.2) is 60.7 Å². The van der Waals surface area contributed by atoms with Crippen LogP contribution in [-0.4, -0.2) is 178 Å². The number of nitrogens with one attached hydrogen (secondary N) is 3. The van der Waals surface area contributed by atoms with E-state index in [1.165, 1.54) is 44.2 Å². The topological polar surface area (TPSA) is 311 Å². The third kappa shape index (κ3) is 19.4. The van der Waals surface area contributed by atoms with E-state index in [9.17, 15) is 55.5 Å². The molecule has 5 amide bonds. The smallest absolute Gasteiger partial charge is 0.408 e. The number of aliphatic hydroxyl groups excluding tert-OH is 1. The van der Waals surface area contributed by atoms with Crippen LogP contribution in [0.5, 0.6) is 6.01 Å². The van der Waals surface area contributed by atoms with E-state index in [-0.39, 0.29) is 74.3 Å². The molecule has 0 unspecified atom stereocenters. The van der Waals surface area contributed by atoms with Gasteiger partial charge in [-0.2, -0.15) is 30.4 Å². The van der Waals surface area contributed by atoms with E-state index < -0.39 is 96.8 Å². The van der Waals surface area contributed by atoms with E-state index in [1.807, 2.05) is 35.8 Å². The van der Waals surface area contributed by atoms with Gasteiger partial charge in [-0.05, 0) is 170 Å². The lowest BCUT2D eigenvalue weighted by molar-refractivity contribution is -0.141. The molecule has 10 rings (SSSR count). The molecule has 6 heterocycles. The molecule has 2 aromatic heterocycles. The van der Waals surface area contributed by atoms with Crippen LogP contribution in [0.2, 0.25) is 5.28 Å². The summed E-state index contributed by atoms with van der Waals surface area (Å²) in [5.41, 5.74) is 3.18. The second-order valence-corrected chi connectivity index (χ2v) is 35.4. The Bertz CT molecular complexity index is 4030. The Hall–Kier alpha value is -6.78. The van der Waals surface area contributed by atoms with Crippen LogP contribution >= 0.6 is 11.6 Å². The summed E-state index contributed by atoms with van der Waals surface area (Å²) in [6, 6.07) is 10.8. The molecule has 102 heavy (non-hydrogen) atoms. The number of nitrogens with zero attached hydrogens (tertiary/aromatic N) is 8. The van der Waals surface area contributed by atoms with E-state index in [0.717, 1.165) is 82.0 Å². The number of hydrogen-bond acceptors (Lipinski definition) is 16. The van der Waals surface area contributed by atoms with Gasteiger partial charge >= 0.3 is 26.5 Å². The molecule has 0 bridgehead atoms. The third-order valence-corrected chi connectivity index (χ3v) is 23.5. The first kappa shape index (κ1) is 80.9. The number of allylic oxidation sites excluding steroid dienone is 4. The molecule has 0 radical (unpaired) electrons. The number of benzene rings is 2. The molecule has 25 nitrogen and oxygen atoms in total. The van der Waals surface area contributed by atoms with Crippen LogP contribution in [0.1, 0.15) is 221 Å². The number of aromatic nitrogens is 4. The van der Waals surface area contributed by atoms with Gasteiger partial charge in [0.15, 0.2) is 11.6 Å². The molecule has 28 heteroatoms. The molecule has 564 valence electrons. The number of alkyl carbamates (subject to hydrolysis) is 1. The van der Waals surface area contributed by atoms with Crippen molar-refractivity contribution in [3.8, 4) is 6.01 Å². The molecule has 10 atom stereocenters. The van der Waals surface area contributed by atoms with Gasteiger partial charge in [-0.1, -0.05) is 96.7 Å². The number of rotatable bonds is 13. The number of carbonyl (C=O) groups excluding carboxylic acids is 7. The number of Topliss-reactive ketones (excluding diaryl/α,β-unsaturated/α-hetero) is 2. The average Bonchev–Trinajstić information content (AvgIpc) is 1.58. The van der Waals surface area contributed by atoms with E-state index in [4.69, 9.17) is 26.1 Å². The van der Waals surface area contributed by atoms with Crippen LogP contribution in [0.25, 0.3) is 22.1 Å². The lowest BCUT2D eigenvalue weighted by atomic mass is 9.91. The fourth-order valence-electron chi connectivity index (χ4n) is 14.2. The fraction of sp³-hybridized carbons (Fsp3) is 0.662. The molecule has 4 N–H and O–H groups in total. The molecule has 4 fully saturated rings. The lowest BCUT2D eigenvalue weighted by Crippen LogP contribution is -2.53. The van der Waals surface area contributed by atoms with Gasteiger partial charge in [0, 0.05) is 78.4 Å². The monoisotopic (exact) mass is 1480 g/mol. The highest BCUT2D eigenvalue weighted by atomic mass is 35.5. The Morgan fingerprint density at radius 1 is 0.647 bits per heavy atom. The Labute approximate surface area is 608 Å². The first-order valence-corrected chi connectivity index (χ1v) is 39.5. The van der Waals surface area contributed by atoms with Gasteiger partial charge in [0.05, 0.1) is 57.6 Å². The lowest BCUT2D eigenvalue weighted by Gasteiger charge is -2.30. The zero-order valence-corrected chi connectivity index (χ0v) is 64.8. The molecule has 2 saturated carbocycles. The van der Waals surface area contributed by atoms with Crippen molar-refractivity contribution in [1.82, 2.24) is 52.3 Å². The van der Waals surface area contributed by atoms with Crippen LogP contribution < -0.4 is 19.5 Å². The maximum Gasteiger partial charge on any atom is 0.408 e. The number of halogens is 1. The first-order chi connectivity index (χ1) is 47.7. The van der Waals surface area contributed by atoms with Crippen molar-refractivity contribution in [2.45, 2.75) is 246 Å². The molecular weight excluding hydrogens is 1370 g/mol. The van der Waals surface area contributed by atoms with Crippen molar-refractivity contribution in [3.05, 3.63) is 77.1 Å². The maximum absolute atomic E-state index is 14.2. The predicted molar refractivity (Wildman–Crippen MR) is 393 cm³/mol. The van der Waals surface area contributed by atoms with Crippen molar-refractivity contribution in [2.24, 2.45) is 28.6 Å². The number of imidazole rings is 2. The minimum absolute atomic E-state index is 0.00205. The van der Waals surface area contributed by atoms with Crippen LogP contribution in [0.3, 0.4) is 0 Å². The number of ketones is 2. The van der Waals surface area contributed by atoms with Crippen LogP contribution in [0, 0.1) is 28.6 Å². The zero-order valence-electron chi connectivity index (χ0n) is 62.5. The molecular formula is C74H110ClN11O14S2. The number of aliphatic hydroxyl groups is 1. The van der Waals surface area contributed by atoms with E-state index in [1.54, 1.807) is 25.7 Å². The molecule has 4 aliphatic heterocycles.